The van der Waals surface area contributed by atoms with Crippen molar-refractivity contribution in [3.8, 4) is 5.75 Å². The van der Waals surface area contributed by atoms with Crippen molar-refractivity contribution >= 4 is 23.0 Å². The number of nitrogens with one attached hydrogen (secondary N) is 1. The molecule has 31 heavy (non-hydrogen) atoms. The van der Waals surface area contributed by atoms with E-state index in [9.17, 15) is 19.5 Å². The maximum absolute atomic E-state index is 12.2. The van der Waals surface area contributed by atoms with Crippen LogP contribution in [0.2, 0.25) is 0 Å². The van der Waals surface area contributed by atoms with E-state index in [1.165, 1.54) is 22.6 Å². The summed E-state index contributed by atoms with van der Waals surface area (Å²) in [5.74, 6) is -0.704. The molecule has 0 saturated carbocycles. The van der Waals surface area contributed by atoms with Crippen LogP contribution in [-0.2, 0) is 6.42 Å². The Balaban J connectivity index is 0.00000272. The minimum atomic E-state index is -0.703. The predicted octanol–water partition coefficient (Wildman–Crippen LogP) is 0.520. The second kappa shape index (κ2) is 9.01. The number of benzene rings is 2. The van der Waals surface area contributed by atoms with E-state index >= 15 is 0 Å². The van der Waals surface area contributed by atoms with Crippen molar-refractivity contribution < 1.29 is 28.8 Å². The maximum atomic E-state index is 12.2. The average molecular weight is 411 g/mol. The second-order valence-electron chi connectivity index (χ2n) is 7.65. The summed E-state index contributed by atoms with van der Waals surface area (Å²) in [6.45, 7) is 0. The van der Waals surface area contributed by atoms with Crippen molar-refractivity contribution in [1.29, 1.82) is 0 Å². The number of fused-ring (bicyclic) bond motifs is 1. The fraction of sp³-hybridized carbons (Fsp3) is 0.261. The molecule has 0 heterocycles. The Hall–Kier alpha value is -3.01. The summed E-state index contributed by atoms with van der Waals surface area (Å²) >= 11 is 0. The first-order chi connectivity index (χ1) is 14.4. The van der Waals surface area contributed by atoms with E-state index in [0.717, 1.165) is 24.8 Å². The number of para-hydroxylation sites is 1. The number of phenolic OH excluding ortho intramolecular Hbond substituents is 1. The quantitative estimate of drug-likeness (QED) is 0.471. The number of aromatic hydroxyl groups is 1. The van der Waals surface area contributed by atoms with Crippen molar-refractivity contribution in [2.24, 2.45) is 0 Å². The Bertz CT molecular complexity index is 1200. The largest absolute Gasteiger partial charge is 1.00 e. The van der Waals surface area contributed by atoms with Crippen LogP contribution in [-0.4, -0.2) is 30.0 Å². The standard InChI is InChI=1S/C23H23N3O4.Li/c1-26(2)23(30)15-10-6-12-17(20(15)27)25-19-18(21(28)22(19)29)24-16-11-5-8-13-7-3-4-9-14(13)16;/h3-4,6-7,9-10,12,16H,5,8,11H2,1-2H3,(H3,24,25,27,28,29,30);/q;+1/p-1/t16-;/m1./s1. The summed E-state index contributed by atoms with van der Waals surface area (Å²) in [6.07, 6.45) is 2.80. The normalized spacial score (nSPS) is 15.0. The van der Waals surface area contributed by atoms with Crippen molar-refractivity contribution in [2.45, 2.75) is 25.3 Å². The van der Waals surface area contributed by atoms with Gasteiger partial charge >= 0.3 is 18.9 Å². The van der Waals surface area contributed by atoms with Crippen LogP contribution in [0.5, 0.6) is 5.75 Å². The number of nitrogens with zero attached hydrogens (tertiary/aromatic N) is 2. The van der Waals surface area contributed by atoms with Gasteiger partial charge < -0.3 is 20.6 Å². The molecule has 0 aliphatic heterocycles. The van der Waals surface area contributed by atoms with Gasteiger partial charge in [0.15, 0.2) is 0 Å². The Morgan fingerprint density at radius 2 is 1.84 bits per heavy atom. The molecule has 3 aromatic rings. The van der Waals surface area contributed by atoms with E-state index in [2.05, 4.69) is 16.7 Å². The molecule has 154 valence electrons. The van der Waals surface area contributed by atoms with Gasteiger partial charge in [-0.2, -0.15) is 0 Å². The van der Waals surface area contributed by atoms with Crippen molar-refractivity contribution in [1.82, 2.24) is 4.90 Å². The SMILES string of the molecule is CN(C)C(=O)c1cccc([N-]c2c(N[C@@H]3CCCc4ccccc43)c(=O)c2=O)c1O.[Li+]. The molecule has 0 radical (unpaired) electrons. The third-order valence-corrected chi connectivity index (χ3v) is 5.46. The number of aryl methyl sites for hydroxylation is 1. The molecule has 0 spiro atoms. The Labute approximate surface area is 192 Å². The van der Waals surface area contributed by atoms with Crippen LogP contribution >= 0.6 is 0 Å². The first-order valence-corrected chi connectivity index (χ1v) is 9.81. The van der Waals surface area contributed by atoms with Crippen LogP contribution in [0, 0.1) is 0 Å². The van der Waals surface area contributed by atoms with Crippen LogP contribution in [0.3, 0.4) is 0 Å². The van der Waals surface area contributed by atoms with Crippen molar-refractivity contribution in [3.05, 3.63) is 84.9 Å². The number of amides is 1. The second-order valence-corrected chi connectivity index (χ2v) is 7.65. The number of hydrogen-bond donors (Lipinski definition) is 2. The molecule has 0 bridgehead atoms. The van der Waals surface area contributed by atoms with E-state index in [-0.39, 0.29) is 59.2 Å². The molecule has 0 fully saturated rings. The zero-order valence-corrected chi connectivity index (χ0v) is 17.8. The summed E-state index contributed by atoms with van der Waals surface area (Å²) in [5.41, 5.74) is 1.31. The molecule has 1 amide bonds. The zero-order valence-electron chi connectivity index (χ0n) is 17.8. The van der Waals surface area contributed by atoms with E-state index in [1.54, 1.807) is 20.2 Å². The van der Waals surface area contributed by atoms with Crippen LogP contribution in [0.15, 0.2) is 52.1 Å². The van der Waals surface area contributed by atoms with Gasteiger partial charge in [0.1, 0.15) is 5.75 Å². The van der Waals surface area contributed by atoms with E-state index < -0.39 is 10.9 Å². The van der Waals surface area contributed by atoms with Gasteiger partial charge in [-0.15, -0.1) is 0 Å². The molecule has 0 aromatic heterocycles. The molecule has 7 nitrogen and oxygen atoms in total. The van der Waals surface area contributed by atoms with E-state index in [4.69, 9.17) is 0 Å². The van der Waals surface area contributed by atoms with Gasteiger partial charge in [-0.3, -0.25) is 14.4 Å². The smallest absolute Gasteiger partial charge is 0.650 e. The van der Waals surface area contributed by atoms with E-state index in [1.807, 2.05) is 18.2 Å². The molecular formula is C23H22LiN3O4. The topological polar surface area (TPSA) is 101 Å². The number of anilines is 1. The fourth-order valence-electron chi connectivity index (χ4n) is 3.85. The van der Waals surface area contributed by atoms with Gasteiger partial charge in [-0.25, -0.2) is 0 Å². The van der Waals surface area contributed by atoms with E-state index in [0.29, 0.717) is 0 Å². The number of rotatable bonds is 5. The third-order valence-electron chi connectivity index (χ3n) is 5.46. The fourth-order valence-corrected chi connectivity index (χ4v) is 3.85. The molecule has 3 aromatic carbocycles. The van der Waals surface area contributed by atoms with Crippen LogP contribution in [0.1, 0.15) is 40.4 Å². The third kappa shape index (κ3) is 4.12. The van der Waals surface area contributed by atoms with Crippen LogP contribution in [0.4, 0.5) is 17.1 Å². The summed E-state index contributed by atoms with van der Waals surface area (Å²) in [7, 11) is 3.15. The van der Waals surface area contributed by atoms with Gasteiger partial charge in [0.05, 0.1) is 17.3 Å². The molecule has 8 heteroatoms. The molecule has 2 N–H and O–H groups in total. The van der Waals surface area contributed by atoms with Gasteiger partial charge in [-0.05, 0) is 36.5 Å². The molecular weight excluding hydrogens is 389 g/mol. The van der Waals surface area contributed by atoms with Crippen molar-refractivity contribution in [3.63, 3.8) is 0 Å². The van der Waals surface area contributed by atoms with Gasteiger partial charge in [0.2, 0.25) is 10.9 Å². The minimum Gasteiger partial charge on any atom is -0.650 e. The summed E-state index contributed by atoms with van der Waals surface area (Å²) < 4.78 is 0. The summed E-state index contributed by atoms with van der Waals surface area (Å²) in [6, 6.07) is 12.5. The van der Waals surface area contributed by atoms with Crippen LogP contribution in [0.25, 0.3) is 5.32 Å². The molecule has 4 rings (SSSR count). The molecule has 1 aliphatic carbocycles. The molecule has 0 saturated heterocycles. The summed E-state index contributed by atoms with van der Waals surface area (Å²) in [5, 5.41) is 17.9. The average Bonchev–Trinajstić information content (AvgIpc) is 2.76. The van der Waals surface area contributed by atoms with Crippen LogP contribution < -0.4 is 35.0 Å². The summed E-state index contributed by atoms with van der Waals surface area (Å²) in [4.78, 5) is 38.0. The minimum absolute atomic E-state index is 0. The maximum Gasteiger partial charge on any atom is 1.00 e. The van der Waals surface area contributed by atoms with Gasteiger partial charge in [0.25, 0.3) is 5.91 Å². The zero-order chi connectivity index (χ0) is 21.4. The molecule has 0 unspecified atom stereocenters. The Kier molecular flexibility index (Phi) is 6.58. The first kappa shape index (κ1) is 22.7. The molecule has 1 aliphatic rings. The number of phenols is 1. The number of hydrogen-bond acceptors (Lipinski definition) is 5. The Morgan fingerprint density at radius 1 is 1.10 bits per heavy atom. The van der Waals surface area contributed by atoms with Crippen molar-refractivity contribution in [2.75, 3.05) is 19.4 Å². The Morgan fingerprint density at radius 3 is 2.58 bits per heavy atom. The van der Waals surface area contributed by atoms with Gasteiger partial charge in [0, 0.05) is 14.1 Å². The van der Waals surface area contributed by atoms with Gasteiger partial charge in [-0.1, -0.05) is 47.8 Å². The number of carbonyl (C=O) groups is 1. The predicted molar refractivity (Wildman–Crippen MR) is 116 cm³/mol. The first-order valence-electron chi connectivity index (χ1n) is 9.81. The molecule has 1 atom stereocenters. The number of carbonyl (C=O) groups excluding carboxylic acids is 1. The monoisotopic (exact) mass is 411 g/mol.